The highest BCUT2D eigenvalue weighted by atomic mass is 32.1. The summed E-state index contributed by atoms with van der Waals surface area (Å²) in [5.74, 6) is 0.293. The minimum atomic E-state index is -0.123. The summed E-state index contributed by atoms with van der Waals surface area (Å²) >= 11 is 1.53. The molecule has 6 heteroatoms. The summed E-state index contributed by atoms with van der Waals surface area (Å²) in [7, 11) is 0. The second-order valence-corrected chi connectivity index (χ2v) is 6.56. The van der Waals surface area contributed by atoms with Gasteiger partial charge in [-0.15, -0.1) is 11.3 Å². The Morgan fingerprint density at radius 2 is 1.88 bits per heavy atom. The maximum Gasteiger partial charge on any atom is 0.239 e. The molecule has 3 aromatic rings. The van der Waals surface area contributed by atoms with Crippen LogP contribution in [0, 0.1) is 0 Å². The van der Waals surface area contributed by atoms with Crippen LogP contribution in [0.4, 0.5) is 5.82 Å². The fourth-order valence-electron chi connectivity index (χ4n) is 2.58. The quantitative estimate of drug-likeness (QED) is 0.725. The van der Waals surface area contributed by atoms with Gasteiger partial charge in [-0.2, -0.15) is 0 Å². The molecule has 0 aliphatic rings. The lowest BCUT2D eigenvalue weighted by atomic mass is 10.2. The van der Waals surface area contributed by atoms with Crippen LogP contribution in [0.25, 0.3) is 20.3 Å². The molecule has 0 fully saturated rings. The summed E-state index contributed by atoms with van der Waals surface area (Å²) < 4.78 is 1.76. The van der Waals surface area contributed by atoms with Gasteiger partial charge >= 0.3 is 0 Å². The van der Waals surface area contributed by atoms with Gasteiger partial charge in [-0.3, -0.25) is 14.5 Å². The standard InChI is InChI=1S/C18H19N3O2S/c1-3-21(4-2)11-16(22)19-15-10-9-14-17(20-15)18(23)12-7-5-6-8-13(12)24-14/h5-10H,3-4,11H2,1-2H3,(H,19,20,22). The normalized spacial score (nSPS) is 11.3. The summed E-state index contributed by atoms with van der Waals surface area (Å²) in [5, 5.41) is 3.44. The number of pyridine rings is 1. The number of carbonyl (C=O) groups excluding carboxylic acids is 1. The highest BCUT2D eigenvalue weighted by Gasteiger charge is 2.11. The molecule has 0 spiro atoms. The molecule has 24 heavy (non-hydrogen) atoms. The minimum absolute atomic E-state index is 0.0980. The third-order valence-corrected chi connectivity index (χ3v) is 5.08. The summed E-state index contributed by atoms with van der Waals surface area (Å²) in [5.41, 5.74) is 0.304. The van der Waals surface area contributed by atoms with Crippen LogP contribution in [-0.4, -0.2) is 35.4 Å². The Kier molecular flexibility index (Phi) is 4.87. The first-order valence-electron chi connectivity index (χ1n) is 7.97. The van der Waals surface area contributed by atoms with Gasteiger partial charge in [-0.25, -0.2) is 4.98 Å². The van der Waals surface area contributed by atoms with Gasteiger partial charge in [-0.05, 0) is 37.4 Å². The van der Waals surface area contributed by atoms with E-state index in [1.807, 2.05) is 43.0 Å². The number of anilines is 1. The summed E-state index contributed by atoms with van der Waals surface area (Å²) in [4.78, 5) is 31.1. The van der Waals surface area contributed by atoms with Crippen molar-refractivity contribution >= 4 is 43.4 Å². The average Bonchev–Trinajstić information content (AvgIpc) is 2.60. The van der Waals surface area contributed by atoms with Crippen LogP contribution in [-0.2, 0) is 4.79 Å². The molecule has 1 amide bonds. The van der Waals surface area contributed by atoms with Crippen LogP contribution in [0.3, 0.4) is 0 Å². The van der Waals surface area contributed by atoms with E-state index in [2.05, 4.69) is 10.3 Å². The van der Waals surface area contributed by atoms with Crippen molar-refractivity contribution in [3.8, 4) is 0 Å². The molecule has 1 aromatic carbocycles. The van der Waals surface area contributed by atoms with E-state index in [1.165, 1.54) is 11.3 Å². The third kappa shape index (κ3) is 3.29. The predicted octanol–water partition coefficient (Wildman–Crippen LogP) is 3.09. The van der Waals surface area contributed by atoms with E-state index < -0.39 is 0 Å². The van der Waals surface area contributed by atoms with Gasteiger partial charge in [0.1, 0.15) is 11.3 Å². The SMILES string of the molecule is CCN(CC)CC(=O)Nc1ccc2sc3ccccc3c(=O)c2n1. The molecule has 0 saturated carbocycles. The third-order valence-electron chi connectivity index (χ3n) is 3.95. The van der Waals surface area contributed by atoms with E-state index >= 15 is 0 Å². The van der Waals surface area contributed by atoms with Gasteiger partial charge in [0, 0.05) is 10.1 Å². The van der Waals surface area contributed by atoms with Crippen LogP contribution >= 0.6 is 11.3 Å². The predicted molar refractivity (Wildman–Crippen MR) is 99.8 cm³/mol. The Bertz CT molecular complexity index is 948. The zero-order chi connectivity index (χ0) is 17.1. The monoisotopic (exact) mass is 341 g/mol. The average molecular weight is 341 g/mol. The van der Waals surface area contributed by atoms with Gasteiger partial charge in [0.25, 0.3) is 0 Å². The largest absolute Gasteiger partial charge is 0.310 e. The van der Waals surface area contributed by atoms with E-state index in [0.29, 0.717) is 23.3 Å². The number of rotatable bonds is 5. The molecule has 5 nitrogen and oxygen atoms in total. The van der Waals surface area contributed by atoms with Gasteiger partial charge in [-0.1, -0.05) is 26.0 Å². The number of carbonyl (C=O) groups is 1. The van der Waals surface area contributed by atoms with Crippen molar-refractivity contribution in [2.75, 3.05) is 25.0 Å². The first-order valence-corrected chi connectivity index (χ1v) is 8.78. The zero-order valence-corrected chi connectivity index (χ0v) is 14.5. The number of benzene rings is 1. The first-order chi connectivity index (χ1) is 11.6. The molecule has 124 valence electrons. The van der Waals surface area contributed by atoms with E-state index in [1.54, 1.807) is 12.1 Å². The van der Waals surface area contributed by atoms with Gasteiger partial charge < -0.3 is 5.32 Å². The molecule has 2 heterocycles. The van der Waals surface area contributed by atoms with Crippen molar-refractivity contribution in [2.45, 2.75) is 13.8 Å². The Morgan fingerprint density at radius 3 is 2.62 bits per heavy atom. The van der Waals surface area contributed by atoms with E-state index in [0.717, 1.165) is 22.5 Å². The molecule has 0 aliphatic heterocycles. The lowest BCUT2D eigenvalue weighted by molar-refractivity contribution is -0.117. The molecule has 0 aliphatic carbocycles. The van der Waals surface area contributed by atoms with Crippen LogP contribution in [0.1, 0.15) is 13.8 Å². The zero-order valence-electron chi connectivity index (χ0n) is 13.7. The molecule has 1 N–H and O–H groups in total. The fraction of sp³-hybridized carbons (Fsp3) is 0.278. The maximum atomic E-state index is 12.6. The number of hydrogen-bond acceptors (Lipinski definition) is 5. The van der Waals surface area contributed by atoms with Gasteiger partial charge in [0.2, 0.25) is 11.3 Å². The highest BCUT2D eigenvalue weighted by molar-refractivity contribution is 7.24. The molecule has 2 aromatic heterocycles. The van der Waals surface area contributed by atoms with Crippen LogP contribution in [0.2, 0.25) is 0 Å². The van der Waals surface area contributed by atoms with Crippen LogP contribution in [0.15, 0.2) is 41.2 Å². The van der Waals surface area contributed by atoms with Crippen LogP contribution < -0.4 is 10.7 Å². The van der Waals surface area contributed by atoms with Crippen molar-refractivity contribution in [1.82, 2.24) is 9.88 Å². The topological polar surface area (TPSA) is 62.3 Å². The summed E-state index contributed by atoms with van der Waals surface area (Å²) in [6.45, 7) is 5.97. The molecule has 3 rings (SSSR count). The lowest BCUT2D eigenvalue weighted by Gasteiger charge is -2.17. The summed E-state index contributed by atoms with van der Waals surface area (Å²) in [6.07, 6.45) is 0. The van der Waals surface area contributed by atoms with E-state index in [-0.39, 0.29) is 11.3 Å². The summed E-state index contributed by atoms with van der Waals surface area (Å²) in [6, 6.07) is 11.1. The number of aromatic nitrogens is 1. The molecular formula is C18H19N3O2S. The van der Waals surface area contributed by atoms with Crippen molar-refractivity contribution < 1.29 is 4.79 Å². The number of amides is 1. The minimum Gasteiger partial charge on any atom is -0.310 e. The Hall–Kier alpha value is -2.31. The molecule has 0 saturated heterocycles. The van der Waals surface area contributed by atoms with E-state index in [4.69, 9.17) is 0 Å². The molecular weight excluding hydrogens is 322 g/mol. The highest BCUT2D eigenvalue weighted by Crippen LogP contribution is 2.24. The van der Waals surface area contributed by atoms with Gasteiger partial charge in [0.15, 0.2) is 0 Å². The van der Waals surface area contributed by atoms with Crippen LogP contribution in [0.5, 0.6) is 0 Å². The van der Waals surface area contributed by atoms with Crippen molar-refractivity contribution in [3.05, 3.63) is 46.6 Å². The maximum absolute atomic E-state index is 12.6. The van der Waals surface area contributed by atoms with Crippen molar-refractivity contribution in [1.29, 1.82) is 0 Å². The number of nitrogens with one attached hydrogen (secondary N) is 1. The van der Waals surface area contributed by atoms with Crippen molar-refractivity contribution in [3.63, 3.8) is 0 Å². The molecule has 0 unspecified atom stereocenters. The molecule has 0 atom stereocenters. The van der Waals surface area contributed by atoms with Gasteiger partial charge in [0.05, 0.1) is 11.2 Å². The number of nitrogens with zero attached hydrogens (tertiary/aromatic N) is 2. The first kappa shape index (κ1) is 16.5. The Labute approximate surface area is 143 Å². The lowest BCUT2D eigenvalue weighted by Crippen LogP contribution is -2.33. The van der Waals surface area contributed by atoms with E-state index in [9.17, 15) is 9.59 Å². The number of fused-ring (bicyclic) bond motifs is 2. The smallest absolute Gasteiger partial charge is 0.239 e. The number of likely N-dealkylation sites (N-methyl/N-ethyl adjacent to an activating group) is 1. The Morgan fingerprint density at radius 1 is 1.12 bits per heavy atom. The molecule has 0 bridgehead atoms. The number of hydrogen-bond donors (Lipinski definition) is 1. The second-order valence-electron chi connectivity index (χ2n) is 5.48. The second kappa shape index (κ2) is 7.07. The molecule has 0 radical (unpaired) electrons. The Balaban J connectivity index is 1.93. The fourth-order valence-corrected chi connectivity index (χ4v) is 3.61. The van der Waals surface area contributed by atoms with Crippen molar-refractivity contribution in [2.24, 2.45) is 0 Å².